The van der Waals surface area contributed by atoms with Crippen molar-refractivity contribution in [3.8, 4) is 17.2 Å². The summed E-state index contributed by atoms with van der Waals surface area (Å²) < 4.78 is 43.1. The summed E-state index contributed by atoms with van der Waals surface area (Å²) in [5, 5.41) is 4.21. The Kier molecular flexibility index (Phi) is 10.9. The molecule has 0 aromatic heterocycles. The summed E-state index contributed by atoms with van der Waals surface area (Å²) in [6.45, 7) is 2.17. The Bertz CT molecular complexity index is 1410. The summed E-state index contributed by atoms with van der Waals surface area (Å²) in [6, 6.07) is 16.9. The van der Waals surface area contributed by atoms with Gasteiger partial charge in [0.1, 0.15) is 5.75 Å². The molecular weight excluding hydrogens is 546 g/mol. The lowest BCUT2D eigenvalue weighted by Gasteiger charge is -2.10. The van der Waals surface area contributed by atoms with Crippen LogP contribution >= 0.6 is 11.6 Å². The van der Waals surface area contributed by atoms with E-state index >= 15 is 0 Å². The molecule has 0 atom stereocenters. The zero-order valence-electron chi connectivity index (χ0n) is 21.3. The minimum absolute atomic E-state index is 0.0236. The first kappa shape index (κ1) is 29.6. The molecule has 1 amide bonds. The third-order valence-corrected chi connectivity index (χ3v) is 6.87. The van der Waals surface area contributed by atoms with Crippen LogP contribution in [0.1, 0.15) is 35.7 Å². The Hall–Kier alpha value is -3.93. The van der Waals surface area contributed by atoms with Crippen molar-refractivity contribution in [1.29, 1.82) is 0 Å². The van der Waals surface area contributed by atoms with Crippen molar-refractivity contribution in [1.82, 2.24) is 10.1 Å². The SMILES string of the molecule is CCCCOc1ccc(C(=O)Oc2ccc(/C=N/NC(=O)CNS(=O)(=O)c3ccc(Cl)cc3)cc2OC)cc1. The predicted octanol–water partition coefficient (Wildman–Crippen LogP) is 4.18. The van der Waals surface area contributed by atoms with E-state index in [1.165, 1.54) is 43.7 Å². The fraction of sp³-hybridized carbons (Fsp3) is 0.222. The number of amides is 1. The molecule has 0 heterocycles. The van der Waals surface area contributed by atoms with Crippen LogP contribution in [0.15, 0.2) is 76.7 Å². The summed E-state index contributed by atoms with van der Waals surface area (Å²) in [5.74, 6) is -0.101. The average Bonchev–Trinajstić information content (AvgIpc) is 2.93. The van der Waals surface area contributed by atoms with Gasteiger partial charge in [-0.05, 0) is 78.7 Å². The number of benzene rings is 3. The number of rotatable bonds is 13. The molecule has 0 aliphatic rings. The molecular formula is C27H28ClN3O7S. The van der Waals surface area contributed by atoms with Gasteiger partial charge in [0.25, 0.3) is 5.91 Å². The van der Waals surface area contributed by atoms with Crippen LogP contribution in [0.4, 0.5) is 0 Å². The lowest BCUT2D eigenvalue weighted by Crippen LogP contribution is -2.34. The molecule has 0 bridgehead atoms. The minimum atomic E-state index is -3.89. The van der Waals surface area contributed by atoms with Gasteiger partial charge in [-0.3, -0.25) is 4.79 Å². The molecule has 0 aliphatic carbocycles. The van der Waals surface area contributed by atoms with Crippen LogP contribution in [0, 0.1) is 0 Å². The van der Waals surface area contributed by atoms with E-state index in [2.05, 4.69) is 22.2 Å². The lowest BCUT2D eigenvalue weighted by atomic mass is 10.2. The number of carbonyl (C=O) groups excluding carboxylic acids is 2. The van der Waals surface area contributed by atoms with Crippen LogP contribution in [0.25, 0.3) is 0 Å². The van der Waals surface area contributed by atoms with Crippen molar-refractivity contribution >= 4 is 39.7 Å². The molecule has 0 radical (unpaired) electrons. The van der Waals surface area contributed by atoms with E-state index in [0.717, 1.165) is 12.8 Å². The summed E-state index contributed by atoms with van der Waals surface area (Å²) in [5.41, 5.74) is 3.11. The Morgan fingerprint density at radius 2 is 1.72 bits per heavy atom. The number of hydrazone groups is 1. The van der Waals surface area contributed by atoms with Gasteiger partial charge in [-0.2, -0.15) is 5.10 Å². The largest absolute Gasteiger partial charge is 0.494 e. The van der Waals surface area contributed by atoms with Gasteiger partial charge in [-0.1, -0.05) is 24.9 Å². The van der Waals surface area contributed by atoms with E-state index in [-0.39, 0.29) is 16.4 Å². The van der Waals surface area contributed by atoms with E-state index in [9.17, 15) is 18.0 Å². The Labute approximate surface area is 232 Å². The fourth-order valence-corrected chi connectivity index (χ4v) is 4.21. The number of hydrogen-bond acceptors (Lipinski definition) is 8. The number of hydrogen-bond donors (Lipinski definition) is 2. The predicted molar refractivity (Wildman–Crippen MR) is 147 cm³/mol. The van der Waals surface area contributed by atoms with Gasteiger partial charge in [-0.15, -0.1) is 0 Å². The maximum absolute atomic E-state index is 12.6. The van der Waals surface area contributed by atoms with Gasteiger partial charge in [0.05, 0.1) is 36.9 Å². The zero-order valence-corrected chi connectivity index (χ0v) is 22.9. The minimum Gasteiger partial charge on any atom is -0.494 e. The van der Waals surface area contributed by atoms with Gasteiger partial charge in [0.2, 0.25) is 10.0 Å². The Balaban J connectivity index is 1.53. The fourth-order valence-electron chi connectivity index (χ4n) is 3.11. The number of unbranched alkanes of at least 4 members (excludes halogenated alkanes) is 1. The van der Waals surface area contributed by atoms with Crippen LogP contribution in [0.3, 0.4) is 0 Å². The second-order valence-corrected chi connectivity index (χ2v) is 10.3. The summed E-state index contributed by atoms with van der Waals surface area (Å²) in [6.07, 6.45) is 3.31. The monoisotopic (exact) mass is 573 g/mol. The molecule has 0 saturated heterocycles. The molecule has 0 spiro atoms. The van der Waals surface area contributed by atoms with Gasteiger partial charge in [0.15, 0.2) is 11.5 Å². The Morgan fingerprint density at radius 3 is 2.38 bits per heavy atom. The summed E-state index contributed by atoms with van der Waals surface area (Å²) in [7, 11) is -2.46. The zero-order chi connectivity index (χ0) is 28.3. The van der Waals surface area contributed by atoms with E-state index in [0.29, 0.717) is 28.5 Å². The van der Waals surface area contributed by atoms with Crippen molar-refractivity contribution in [2.75, 3.05) is 20.3 Å². The first-order valence-corrected chi connectivity index (χ1v) is 13.8. The maximum Gasteiger partial charge on any atom is 0.343 e. The van der Waals surface area contributed by atoms with Gasteiger partial charge in [0, 0.05) is 5.02 Å². The number of ether oxygens (including phenoxy) is 3. The highest BCUT2D eigenvalue weighted by molar-refractivity contribution is 7.89. The van der Waals surface area contributed by atoms with E-state index in [4.69, 9.17) is 25.8 Å². The van der Waals surface area contributed by atoms with E-state index in [1.54, 1.807) is 36.4 Å². The first-order chi connectivity index (χ1) is 18.7. The van der Waals surface area contributed by atoms with Gasteiger partial charge < -0.3 is 14.2 Å². The van der Waals surface area contributed by atoms with Crippen LogP contribution in [-0.2, 0) is 14.8 Å². The molecule has 39 heavy (non-hydrogen) atoms. The van der Waals surface area contributed by atoms with Gasteiger partial charge in [-0.25, -0.2) is 23.4 Å². The van der Waals surface area contributed by atoms with Crippen LogP contribution in [0.2, 0.25) is 5.02 Å². The highest BCUT2D eigenvalue weighted by atomic mass is 35.5. The second kappa shape index (κ2) is 14.3. The number of carbonyl (C=O) groups is 2. The molecule has 12 heteroatoms. The summed E-state index contributed by atoms with van der Waals surface area (Å²) >= 11 is 5.76. The average molecular weight is 574 g/mol. The van der Waals surface area contributed by atoms with Gasteiger partial charge >= 0.3 is 5.97 Å². The Morgan fingerprint density at radius 1 is 1.00 bits per heavy atom. The summed E-state index contributed by atoms with van der Waals surface area (Å²) in [4.78, 5) is 24.6. The quantitative estimate of drug-likeness (QED) is 0.103. The highest BCUT2D eigenvalue weighted by Crippen LogP contribution is 2.28. The maximum atomic E-state index is 12.6. The molecule has 0 saturated carbocycles. The van der Waals surface area contributed by atoms with Crippen molar-refractivity contribution in [3.63, 3.8) is 0 Å². The molecule has 0 fully saturated rings. The van der Waals surface area contributed by atoms with Crippen molar-refractivity contribution < 1.29 is 32.2 Å². The van der Waals surface area contributed by atoms with Crippen molar-refractivity contribution in [3.05, 3.63) is 82.9 Å². The smallest absolute Gasteiger partial charge is 0.343 e. The number of nitrogens with zero attached hydrogens (tertiary/aromatic N) is 1. The topological polar surface area (TPSA) is 132 Å². The third-order valence-electron chi connectivity index (χ3n) is 5.20. The number of esters is 1. The number of methoxy groups -OCH3 is 1. The van der Waals surface area contributed by atoms with Crippen LogP contribution in [0.5, 0.6) is 17.2 Å². The van der Waals surface area contributed by atoms with E-state index in [1.807, 2.05) is 0 Å². The van der Waals surface area contributed by atoms with Crippen molar-refractivity contribution in [2.45, 2.75) is 24.7 Å². The normalized spacial score (nSPS) is 11.3. The highest BCUT2D eigenvalue weighted by Gasteiger charge is 2.16. The molecule has 3 aromatic rings. The molecule has 206 valence electrons. The number of sulfonamides is 1. The first-order valence-electron chi connectivity index (χ1n) is 11.9. The number of nitrogens with one attached hydrogen (secondary N) is 2. The molecule has 3 aromatic carbocycles. The molecule has 2 N–H and O–H groups in total. The standard InChI is InChI=1S/C27H28ClN3O7S/c1-3-4-15-37-22-10-6-20(7-11-22)27(33)38-24-14-5-19(16-25(24)36-2)17-29-31-26(32)18-30-39(34,35)23-12-8-21(28)9-13-23/h5-14,16-17,30H,3-4,15,18H2,1-2H3,(H,31,32)/b29-17+. The third kappa shape index (κ3) is 9.10. The lowest BCUT2D eigenvalue weighted by molar-refractivity contribution is -0.119. The van der Waals surface area contributed by atoms with Crippen LogP contribution < -0.4 is 24.4 Å². The van der Waals surface area contributed by atoms with Crippen molar-refractivity contribution in [2.24, 2.45) is 5.10 Å². The molecule has 3 rings (SSSR count). The second-order valence-electron chi connectivity index (χ2n) is 8.10. The number of halogens is 1. The molecule has 0 aliphatic heterocycles. The van der Waals surface area contributed by atoms with E-state index < -0.39 is 28.4 Å². The molecule has 0 unspecified atom stereocenters. The van der Waals surface area contributed by atoms with Crippen LogP contribution in [-0.4, -0.2) is 46.8 Å². The molecule has 10 nitrogen and oxygen atoms in total.